The Balaban J connectivity index is 1.48. The molecule has 0 unspecified atom stereocenters. The number of rotatable bonds is 7. The highest BCUT2D eigenvalue weighted by Crippen LogP contribution is 2.30. The number of hydrogen-bond donors (Lipinski definition) is 2. The first-order chi connectivity index (χ1) is 13.4. The maximum atomic E-state index is 12.7. The van der Waals surface area contributed by atoms with Gasteiger partial charge in [-0.2, -0.15) is 13.2 Å². The van der Waals surface area contributed by atoms with E-state index in [0.29, 0.717) is 16.7 Å². The average molecular weight is 408 g/mol. The summed E-state index contributed by atoms with van der Waals surface area (Å²) in [4.78, 5) is 16.2. The molecule has 1 heterocycles. The Morgan fingerprint density at radius 1 is 1.14 bits per heavy atom. The second-order valence-corrected chi connectivity index (χ2v) is 6.52. The standard InChI is InChI=1S/C18H15F3N4O2S/c19-18(20,21)12-5-4-6-13(9-12)22-16(26)11-28-17-23-15(24-25-17)10-27-14-7-2-1-3-8-14/h1-9H,10-11H2,(H,22,26)(H,23,24,25). The van der Waals surface area contributed by atoms with Crippen LogP contribution in [0.3, 0.4) is 0 Å². The molecular formula is C18H15F3N4O2S. The van der Waals surface area contributed by atoms with Gasteiger partial charge in [0.05, 0.1) is 11.3 Å². The number of nitrogens with one attached hydrogen (secondary N) is 2. The molecule has 28 heavy (non-hydrogen) atoms. The molecule has 1 aromatic heterocycles. The Morgan fingerprint density at radius 2 is 1.93 bits per heavy atom. The van der Waals surface area contributed by atoms with Crippen molar-refractivity contribution in [3.8, 4) is 5.75 Å². The number of H-pyrrole nitrogens is 1. The Hall–Kier alpha value is -3.01. The topological polar surface area (TPSA) is 79.9 Å². The van der Waals surface area contributed by atoms with Crippen molar-refractivity contribution in [2.24, 2.45) is 0 Å². The molecule has 0 bridgehead atoms. The summed E-state index contributed by atoms with van der Waals surface area (Å²) in [6.07, 6.45) is -4.47. The van der Waals surface area contributed by atoms with Crippen LogP contribution in [0.15, 0.2) is 59.8 Å². The molecule has 2 aromatic carbocycles. The molecule has 0 aliphatic rings. The number of alkyl halides is 3. The second-order valence-electron chi connectivity index (χ2n) is 5.58. The van der Waals surface area contributed by atoms with Crippen molar-refractivity contribution < 1.29 is 22.7 Å². The number of aromatic amines is 1. The highest BCUT2D eigenvalue weighted by molar-refractivity contribution is 7.99. The number of anilines is 1. The number of para-hydroxylation sites is 1. The quantitative estimate of drug-likeness (QED) is 0.575. The van der Waals surface area contributed by atoms with Crippen LogP contribution in [0.2, 0.25) is 0 Å². The van der Waals surface area contributed by atoms with E-state index >= 15 is 0 Å². The first-order valence-corrected chi connectivity index (χ1v) is 9.08. The fraction of sp³-hybridized carbons (Fsp3) is 0.167. The molecule has 0 radical (unpaired) electrons. The van der Waals surface area contributed by atoms with Gasteiger partial charge < -0.3 is 10.1 Å². The van der Waals surface area contributed by atoms with Crippen LogP contribution in [0.5, 0.6) is 5.75 Å². The van der Waals surface area contributed by atoms with Crippen LogP contribution in [0.25, 0.3) is 0 Å². The van der Waals surface area contributed by atoms with E-state index < -0.39 is 17.6 Å². The molecule has 0 aliphatic carbocycles. The predicted octanol–water partition coefficient (Wildman–Crippen LogP) is 4.13. The molecule has 6 nitrogen and oxygen atoms in total. The van der Waals surface area contributed by atoms with Crippen LogP contribution in [0.1, 0.15) is 11.4 Å². The lowest BCUT2D eigenvalue weighted by molar-refractivity contribution is -0.137. The fourth-order valence-electron chi connectivity index (χ4n) is 2.18. The summed E-state index contributed by atoms with van der Waals surface area (Å²) >= 11 is 1.06. The minimum atomic E-state index is -4.47. The lowest BCUT2D eigenvalue weighted by atomic mass is 10.2. The first-order valence-electron chi connectivity index (χ1n) is 8.09. The Kier molecular flexibility index (Phi) is 6.19. The number of carbonyl (C=O) groups is 1. The van der Waals surface area contributed by atoms with E-state index in [1.807, 2.05) is 30.3 Å². The zero-order chi connectivity index (χ0) is 20.0. The maximum absolute atomic E-state index is 12.7. The average Bonchev–Trinajstić information content (AvgIpc) is 3.13. The van der Waals surface area contributed by atoms with Crippen molar-refractivity contribution in [2.75, 3.05) is 11.1 Å². The van der Waals surface area contributed by atoms with Crippen LogP contribution in [0, 0.1) is 0 Å². The van der Waals surface area contributed by atoms with Crippen LogP contribution in [-0.4, -0.2) is 26.8 Å². The maximum Gasteiger partial charge on any atom is 0.416 e. The van der Waals surface area contributed by atoms with Crippen LogP contribution in [0.4, 0.5) is 18.9 Å². The third-order valence-corrected chi connectivity index (χ3v) is 4.28. The molecule has 0 atom stereocenters. The number of carbonyl (C=O) groups excluding carboxylic acids is 1. The zero-order valence-electron chi connectivity index (χ0n) is 14.4. The third-order valence-electron chi connectivity index (χ3n) is 3.44. The number of nitrogens with zero attached hydrogens (tertiary/aromatic N) is 2. The predicted molar refractivity (Wildman–Crippen MR) is 98.0 cm³/mol. The van der Waals surface area contributed by atoms with Crippen LogP contribution in [-0.2, 0) is 17.6 Å². The first kappa shape index (κ1) is 19.7. The largest absolute Gasteiger partial charge is 0.486 e. The number of thioether (sulfide) groups is 1. The molecule has 1 amide bonds. The number of ether oxygens (including phenoxy) is 1. The van der Waals surface area contributed by atoms with Gasteiger partial charge in [-0.05, 0) is 30.3 Å². The second kappa shape index (κ2) is 8.79. The summed E-state index contributed by atoms with van der Waals surface area (Å²) in [5.74, 6) is 0.669. The van der Waals surface area contributed by atoms with Crippen molar-refractivity contribution >= 4 is 23.4 Å². The van der Waals surface area contributed by atoms with Gasteiger partial charge >= 0.3 is 6.18 Å². The normalized spacial score (nSPS) is 11.2. The van der Waals surface area contributed by atoms with Gasteiger partial charge in [-0.15, -0.1) is 5.10 Å². The summed E-state index contributed by atoms with van der Waals surface area (Å²) in [5, 5.41) is 9.45. The molecule has 10 heteroatoms. The highest BCUT2D eigenvalue weighted by Gasteiger charge is 2.30. The van der Waals surface area contributed by atoms with Gasteiger partial charge in [-0.3, -0.25) is 9.89 Å². The minimum absolute atomic E-state index is 0.0485. The van der Waals surface area contributed by atoms with Crippen molar-refractivity contribution in [1.29, 1.82) is 0 Å². The van der Waals surface area contributed by atoms with Gasteiger partial charge in [0.2, 0.25) is 11.1 Å². The van der Waals surface area contributed by atoms with Crippen molar-refractivity contribution in [2.45, 2.75) is 17.9 Å². The van der Waals surface area contributed by atoms with E-state index in [9.17, 15) is 18.0 Å². The molecule has 0 fully saturated rings. The summed E-state index contributed by atoms with van der Waals surface area (Å²) in [6.45, 7) is 0.188. The fourth-order valence-corrected chi connectivity index (χ4v) is 2.79. The molecule has 0 aliphatic heterocycles. The minimum Gasteiger partial charge on any atom is -0.486 e. The summed E-state index contributed by atoms with van der Waals surface area (Å²) in [7, 11) is 0. The lowest BCUT2D eigenvalue weighted by Crippen LogP contribution is -2.15. The van der Waals surface area contributed by atoms with E-state index in [2.05, 4.69) is 20.5 Å². The van der Waals surface area contributed by atoms with Gasteiger partial charge in [0.1, 0.15) is 12.4 Å². The van der Waals surface area contributed by atoms with Crippen LogP contribution >= 0.6 is 11.8 Å². The van der Waals surface area contributed by atoms with E-state index in [1.54, 1.807) is 0 Å². The van der Waals surface area contributed by atoms with E-state index in [0.717, 1.165) is 23.9 Å². The van der Waals surface area contributed by atoms with E-state index in [1.165, 1.54) is 12.1 Å². The van der Waals surface area contributed by atoms with Crippen molar-refractivity contribution in [3.05, 3.63) is 66.0 Å². The van der Waals surface area contributed by atoms with Crippen LogP contribution < -0.4 is 10.1 Å². The van der Waals surface area contributed by atoms with Gasteiger partial charge in [0.25, 0.3) is 0 Å². The molecule has 0 saturated carbocycles. The van der Waals surface area contributed by atoms with Gasteiger partial charge in [0.15, 0.2) is 5.82 Å². The van der Waals surface area contributed by atoms with Crippen molar-refractivity contribution in [3.63, 3.8) is 0 Å². The Morgan fingerprint density at radius 3 is 2.68 bits per heavy atom. The van der Waals surface area contributed by atoms with Gasteiger partial charge in [0, 0.05) is 5.69 Å². The van der Waals surface area contributed by atoms with Gasteiger partial charge in [-0.25, -0.2) is 4.98 Å². The SMILES string of the molecule is O=C(CSc1n[nH]c(COc2ccccc2)n1)Nc1cccc(C(F)(F)F)c1. The molecule has 3 rings (SSSR count). The zero-order valence-corrected chi connectivity index (χ0v) is 15.2. The summed E-state index contributed by atoms with van der Waals surface area (Å²) in [5.41, 5.74) is -0.748. The highest BCUT2D eigenvalue weighted by atomic mass is 32.2. The molecular weight excluding hydrogens is 393 g/mol. The molecule has 0 saturated heterocycles. The number of aromatic nitrogens is 3. The number of halogens is 3. The number of amides is 1. The molecule has 3 aromatic rings. The van der Waals surface area contributed by atoms with Crippen molar-refractivity contribution in [1.82, 2.24) is 15.2 Å². The number of hydrogen-bond acceptors (Lipinski definition) is 5. The smallest absolute Gasteiger partial charge is 0.416 e. The lowest BCUT2D eigenvalue weighted by Gasteiger charge is -2.09. The summed E-state index contributed by atoms with van der Waals surface area (Å²) in [6, 6.07) is 13.6. The molecule has 0 spiro atoms. The van der Waals surface area contributed by atoms with Gasteiger partial charge in [-0.1, -0.05) is 36.0 Å². The van der Waals surface area contributed by atoms with E-state index in [-0.39, 0.29) is 18.0 Å². The Bertz CT molecular complexity index is 932. The monoisotopic (exact) mass is 408 g/mol. The molecule has 2 N–H and O–H groups in total. The molecule has 146 valence electrons. The Labute approximate surface area is 162 Å². The third kappa shape index (κ3) is 5.74. The summed E-state index contributed by atoms with van der Waals surface area (Å²) < 4.78 is 43.6. The van der Waals surface area contributed by atoms with E-state index in [4.69, 9.17) is 4.74 Å². The number of benzene rings is 2.